The number of esters is 1. The zero-order valence-corrected chi connectivity index (χ0v) is 21.4. The molecule has 182 valence electrons. The van der Waals surface area contributed by atoms with E-state index >= 15 is 0 Å². The molecule has 2 heterocycles. The summed E-state index contributed by atoms with van der Waals surface area (Å²) in [6.45, 7) is 6.02. The molecule has 1 atom stereocenters. The van der Waals surface area contributed by atoms with Gasteiger partial charge in [-0.2, -0.15) is 0 Å². The van der Waals surface area contributed by atoms with Crippen LogP contribution in [-0.4, -0.2) is 36.2 Å². The quantitative estimate of drug-likeness (QED) is 0.517. The first kappa shape index (κ1) is 24.6. The van der Waals surface area contributed by atoms with Crippen LogP contribution in [0, 0.1) is 13.8 Å². The third-order valence-electron chi connectivity index (χ3n) is 6.17. The molecule has 2 aliphatic rings. The van der Waals surface area contributed by atoms with Crippen molar-refractivity contribution in [2.45, 2.75) is 39.7 Å². The van der Waals surface area contributed by atoms with E-state index in [1.54, 1.807) is 7.11 Å². The van der Waals surface area contributed by atoms with Gasteiger partial charge in [0, 0.05) is 11.4 Å². The molecule has 2 aromatic carbocycles. The SMILES string of the molecule is CCC1=C(C(=O)OC)C(c2cccc(OC)c2)N2C(CC(=O)Nc3ccc(C)c(C)c3)=CSC2=N1. The third-order valence-corrected chi connectivity index (χ3v) is 7.06. The summed E-state index contributed by atoms with van der Waals surface area (Å²) in [5.74, 6) is 0.0997. The van der Waals surface area contributed by atoms with Gasteiger partial charge in [-0.3, -0.25) is 4.79 Å². The first-order valence-corrected chi connectivity index (χ1v) is 12.3. The Hall–Kier alpha value is -3.52. The minimum Gasteiger partial charge on any atom is -0.497 e. The van der Waals surface area contributed by atoms with Gasteiger partial charge in [0.25, 0.3) is 0 Å². The second kappa shape index (κ2) is 10.4. The first-order valence-electron chi connectivity index (χ1n) is 11.4. The van der Waals surface area contributed by atoms with Gasteiger partial charge in [0.1, 0.15) is 5.75 Å². The summed E-state index contributed by atoms with van der Waals surface area (Å²) in [7, 11) is 2.98. The lowest BCUT2D eigenvalue weighted by Crippen LogP contribution is -2.37. The minimum atomic E-state index is -0.490. The topological polar surface area (TPSA) is 80.2 Å². The zero-order valence-electron chi connectivity index (χ0n) is 20.5. The molecule has 2 aromatic rings. The molecular formula is C27H29N3O4S. The van der Waals surface area contributed by atoms with Crippen LogP contribution in [0.5, 0.6) is 5.75 Å². The highest BCUT2D eigenvalue weighted by Gasteiger charge is 2.41. The summed E-state index contributed by atoms with van der Waals surface area (Å²) >= 11 is 1.45. The number of carbonyl (C=O) groups is 2. The van der Waals surface area contributed by atoms with Crippen LogP contribution in [0.1, 0.15) is 42.5 Å². The lowest BCUT2D eigenvalue weighted by atomic mass is 9.92. The predicted octanol–water partition coefficient (Wildman–Crippen LogP) is 5.48. The Morgan fingerprint density at radius 1 is 1.11 bits per heavy atom. The first-order chi connectivity index (χ1) is 16.9. The Morgan fingerprint density at radius 2 is 1.91 bits per heavy atom. The summed E-state index contributed by atoms with van der Waals surface area (Å²) in [6.07, 6.45) is 0.709. The second-order valence-electron chi connectivity index (χ2n) is 8.40. The fourth-order valence-corrected chi connectivity index (χ4v) is 5.17. The third kappa shape index (κ3) is 4.98. The Bertz CT molecular complexity index is 1260. The molecule has 0 aliphatic carbocycles. The number of nitrogens with one attached hydrogen (secondary N) is 1. The molecule has 35 heavy (non-hydrogen) atoms. The maximum absolute atomic E-state index is 13.0. The molecule has 0 radical (unpaired) electrons. The van der Waals surface area contributed by atoms with Crippen molar-refractivity contribution in [3.8, 4) is 5.75 Å². The Morgan fingerprint density at radius 3 is 2.60 bits per heavy atom. The molecule has 2 aliphatic heterocycles. The number of anilines is 1. The van der Waals surface area contributed by atoms with Gasteiger partial charge in [0.15, 0.2) is 5.17 Å². The van der Waals surface area contributed by atoms with Crippen molar-refractivity contribution in [2.24, 2.45) is 4.99 Å². The highest BCUT2D eigenvalue weighted by atomic mass is 32.2. The van der Waals surface area contributed by atoms with E-state index in [2.05, 4.69) is 5.32 Å². The van der Waals surface area contributed by atoms with Crippen LogP contribution in [0.2, 0.25) is 0 Å². The van der Waals surface area contributed by atoms with Gasteiger partial charge in [-0.05, 0) is 66.6 Å². The maximum Gasteiger partial charge on any atom is 0.338 e. The number of benzene rings is 2. The summed E-state index contributed by atoms with van der Waals surface area (Å²) in [6, 6.07) is 13.0. The molecule has 4 rings (SSSR count). The predicted molar refractivity (Wildman–Crippen MR) is 139 cm³/mol. The number of fused-ring (bicyclic) bond motifs is 1. The number of nitrogens with zero attached hydrogens (tertiary/aromatic N) is 2. The fraction of sp³-hybridized carbons (Fsp3) is 0.296. The van der Waals surface area contributed by atoms with Crippen LogP contribution in [0.3, 0.4) is 0 Å². The largest absolute Gasteiger partial charge is 0.497 e. The minimum absolute atomic E-state index is 0.134. The molecular weight excluding hydrogens is 462 g/mol. The summed E-state index contributed by atoms with van der Waals surface area (Å²) in [4.78, 5) is 32.7. The van der Waals surface area contributed by atoms with E-state index in [1.807, 2.05) is 73.5 Å². The van der Waals surface area contributed by atoms with Crippen molar-refractivity contribution in [2.75, 3.05) is 19.5 Å². The lowest BCUT2D eigenvalue weighted by Gasteiger charge is -2.36. The van der Waals surface area contributed by atoms with Crippen molar-refractivity contribution in [3.63, 3.8) is 0 Å². The van der Waals surface area contributed by atoms with E-state index in [9.17, 15) is 9.59 Å². The van der Waals surface area contributed by atoms with E-state index in [-0.39, 0.29) is 12.3 Å². The van der Waals surface area contributed by atoms with Crippen LogP contribution < -0.4 is 10.1 Å². The molecule has 0 saturated heterocycles. The number of carbonyl (C=O) groups excluding carboxylic acids is 2. The van der Waals surface area contributed by atoms with Crippen molar-refractivity contribution in [3.05, 3.63) is 81.5 Å². The van der Waals surface area contributed by atoms with E-state index in [4.69, 9.17) is 14.5 Å². The smallest absolute Gasteiger partial charge is 0.338 e. The number of allylic oxidation sites excluding steroid dienone is 1. The van der Waals surface area contributed by atoms with Gasteiger partial charge in [0.05, 0.1) is 38.0 Å². The molecule has 0 fully saturated rings. The van der Waals surface area contributed by atoms with Gasteiger partial charge in [-0.25, -0.2) is 9.79 Å². The van der Waals surface area contributed by atoms with Crippen LogP contribution in [-0.2, 0) is 14.3 Å². The van der Waals surface area contributed by atoms with Gasteiger partial charge < -0.3 is 19.7 Å². The van der Waals surface area contributed by atoms with Crippen molar-refractivity contribution < 1.29 is 19.1 Å². The van der Waals surface area contributed by atoms with Crippen molar-refractivity contribution >= 4 is 34.5 Å². The van der Waals surface area contributed by atoms with Crippen LogP contribution in [0.25, 0.3) is 0 Å². The standard InChI is InChI=1S/C27H29N3O4S/c1-6-22-24(26(32)34-5)25(18-8-7-9-21(13-18)33-4)30-20(15-35-27(30)29-22)14-23(31)28-19-11-10-16(2)17(3)12-19/h7-13,15,25H,6,14H2,1-5H3,(H,28,31). The highest BCUT2D eigenvalue weighted by molar-refractivity contribution is 8.16. The summed E-state index contributed by atoms with van der Waals surface area (Å²) < 4.78 is 10.6. The number of hydrogen-bond acceptors (Lipinski definition) is 7. The molecule has 7 nitrogen and oxygen atoms in total. The number of hydrogen-bond donors (Lipinski definition) is 1. The fourth-order valence-electron chi connectivity index (χ4n) is 4.23. The average molecular weight is 492 g/mol. The molecule has 1 N–H and O–H groups in total. The molecule has 0 bridgehead atoms. The summed E-state index contributed by atoms with van der Waals surface area (Å²) in [5, 5.41) is 5.65. The van der Waals surface area contributed by atoms with E-state index in [1.165, 1.54) is 24.4 Å². The maximum atomic E-state index is 13.0. The molecule has 8 heteroatoms. The average Bonchev–Trinajstić information content (AvgIpc) is 3.26. The van der Waals surface area contributed by atoms with Gasteiger partial charge in [-0.1, -0.05) is 36.9 Å². The molecule has 0 saturated carbocycles. The number of rotatable bonds is 7. The number of methoxy groups -OCH3 is 2. The molecule has 0 aromatic heterocycles. The Kier molecular flexibility index (Phi) is 7.31. The van der Waals surface area contributed by atoms with Gasteiger partial charge >= 0.3 is 5.97 Å². The summed E-state index contributed by atoms with van der Waals surface area (Å²) in [5.41, 5.74) is 5.80. The van der Waals surface area contributed by atoms with Crippen LogP contribution in [0.15, 0.2) is 69.8 Å². The van der Waals surface area contributed by atoms with Gasteiger partial charge in [-0.15, -0.1) is 0 Å². The number of ether oxygens (including phenoxy) is 2. The van der Waals surface area contributed by atoms with E-state index in [0.717, 1.165) is 27.7 Å². The Labute approximate surface area is 209 Å². The van der Waals surface area contributed by atoms with Gasteiger partial charge in [0.2, 0.25) is 5.91 Å². The second-order valence-corrected chi connectivity index (χ2v) is 9.24. The number of amidine groups is 1. The zero-order chi connectivity index (χ0) is 25.1. The number of aryl methyl sites for hydroxylation is 2. The Balaban J connectivity index is 1.69. The number of aliphatic imine (C=N–C) groups is 1. The van der Waals surface area contributed by atoms with E-state index < -0.39 is 12.0 Å². The normalized spacial score (nSPS) is 16.9. The number of amides is 1. The molecule has 1 unspecified atom stereocenters. The monoisotopic (exact) mass is 491 g/mol. The highest BCUT2D eigenvalue weighted by Crippen LogP contribution is 2.45. The lowest BCUT2D eigenvalue weighted by molar-refractivity contribution is -0.136. The van der Waals surface area contributed by atoms with Crippen LogP contribution >= 0.6 is 11.8 Å². The van der Waals surface area contributed by atoms with Crippen LogP contribution in [0.4, 0.5) is 5.69 Å². The van der Waals surface area contributed by atoms with Crippen molar-refractivity contribution in [1.82, 2.24) is 4.90 Å². The number of thioether (sulfide) groups is 1. The molecule has 1 amide bonds. The molecule has 0 spiro atoms. The van der Waals surface area contributed by atoms with Crippen molar-refractivity contribution in [1.29, 1.82) is 0 Å². The van der Waals surface area contributed by atoms with E-state index in [0.29, 0.717) is 23.4 Å².